The molecule has 5 nitrogen and oxygen atoms in total. The van der Waals surface area contributed by atoms with Crippen LogP contribution in [0.15, 0.2) is 18.2 Å². The van der Waals surface area contributed by atoms with E-state index in [2.05, 4.69) is 11.0 Å². The normalized spacial score (nSPS) is 21.3. The molecule has 0 radical (unpaired) electrons. The monoisotopic (exact) mass is 291 g/mol. The molecule has 0 unspecified atom stereocenters. The Hall–Kier alpha value is -1.75. The maximum atomic E-state index is 11.7. The molecule has 0 aromatic heterocycles. The molecule has 1 aromatic rings. The van der Waals surface area contributed by atoms with Gasteiger partial charge in [0.15, 0.2) is 11.5 Å². The topological polar surface area (TPSA) is 48.0 Å². The van der Waals surface area contributed by atoms with Crippen molar-refractivity contribution < 1.29 is 19.0 Å². The number of rotatable bonds is 4. The lowest BCUT2D eigenvalue weighted by Gasteiger charge is -2.25. The van der Waals surface area contributed by atoms with Crippen molar-refractivity contribution in [3.8, 4) is 11.5 Å². The summed E-state index contributed by atoms with van der Waals surface area (Å²) in [4.78, 5) is 13.9. The van der Waals surface area contributed by atoms with Crippen molar-refractivity contribution in [2.24, 2.45) is 0 Å². The van der Waals surface area contributed by atoms with E-state index in [0.29, 0.717) is 26.4 Å². The standard InChI is InChI=1S/C16H21NO4/c1-2-19-16(18)11-17-7-3-4-13(17)12-5-6-14-15(10-12)21-9-8-20-14/h5-6,10,13H,2-4,7-9,11H2,1H3/t13-/m1/s1. The van der Waals surface area contributed by atoms with Crippen molar-refractivity contribution in [2.45, 2.75) is 25.8 Å². The number of ether oxygens (including phenoxy) is 3. The van der Waals surface area contributed by atoms with E-state index < -0.39 is 0 Å². The first kappa shape index (κ1) is 14.2. The first-order valence-corrected chi connectivity index (χ1v) is 7.57. The SMILES string of the molecule is CCOC(=O)CN1CCC[C@@H]1c1ccc2c(c1)OCCO2. The van der Waals surface area contributed by atoms with Crippen molar-refractivity contribution in [1.82, 2.24) is 4.90 Å². The number of esters is 1. The molecule has 1 fully saturated rings. The van der Waals surface area contributed by atoms with Crippen LogP contribution in [0.4, 0.5) is 0 Å². The fraction of sp³-hybridized carbons (Fsp3) is 0.562. The zero-order valence-corrected chi connectivity index (χ0v) is 12.3. The molecule has 21 heavy (non-hydrogen) atoms. The second kappa shape index (κ2) is 6.35. The van der Waals surface area contributed by atoms with Crippen molar-refractivity contribution in [1.29, 1.82) is 0 Å². The van der Waals surface area contributed by atoms with E-state index in [-0.39, 0.29) is 12.0 Å². The predicted octanol–water partition coefficient (Wildman–Crippen LogP) is 2.16. The molecule has 1 atom stereocenters. The number of carbonyl (C=O) groups is 1. The average molecular weight is 291 g/mol. The Balaban J connectivity index is 1.74. The minimum Gasteiger partial charge on any atom is -0.486 e. The van der Waals surface area contributed by atoms with Gasteiger partial charge in [-0.2, -0.15) is 0 Å². The number of benzene rings is 1. The van der Waals surface area contributed by atoms with E-state index in [1.165, 1.54) is 5.56 Å². The Morgan fingerprint density at radius 2 is 2.14 bits per heavy atom. The highest BCUT2D eigenvalue weighted by Crippen LogP contribution is 2.37. The number of nitrogens with zero attached hydrogens (tertiary/aromatic N) is 1. The van der Waals surface area contributed by atoms with Crippen molar-refractivity contribution >= 4 is 5.97 Å². The van der Waals surface area contributed by atoms with Crippen LogP contribution in [0.2, 0.25) is 0 Å². The minimum absolute atomic E-state index is 0.151. The summed E-state index contributed by atoms with van der Waals surface area (Å²) in [6, 6.07) is 6.33. The maximum absolute atomic E-state index is 11.7. The number of hydrogen-bond donors (Lipinski definition) is 0. The van der Waals surface area contributed by atoms with Crippen LogP contribution in [0.25, 0.3) is 0 Å². The number of carbonyl (C=O) groups excluding carboxylic acids is 1. The second-order valence-electron chi connectivity index (χ2n) is 5.34. The third-order valence-corrected chi connectivity index (χ3v) is 3.95. The van der Waals surface area contributed by atoms with Gasteiger partial charge in [-0.1, -0.05) is 6.07 Å². The van der Waals surface area contributed by atoms with E-state index in [1.54, 1.807) is 0 Å². The lowest BCUT2D eigenvalue weighted by Crippen LogP contribution is -2.30. The summed E-state index contributed by atoms with van der Waals surface area (Å²) in [6.07, 6.45) is 2.15. The summed E-state index contributed by atoms with van der Waals surface area (Å²) in [5, 5.41) is 0. The molecule has 114 valence electrons. The van der Waals surface area contributed by atoms with Gasteiger partial charge >= 0.3 is 5.97 Å². The molecule has 0 N–H and O–H groups in total. The third kappa shape index (κ3) is 3.13. The van der Waals surface area contributed by atoms with Crippen LogP contribution in [0.5, 0.6) is 11.5 Å². The van der Waals surface area contributed by atoms with Crippen molar-refractivity contribution in [2.75, 3.05) is 32.9 Å². The zero-order chi connectivity index (χ0) is 14.7. The van der Waals surface area contributed by atoms with Crippen LogP contribution in [-0.4, -0.2) is 43.8 Å². The lowest BCUT2D eigenvalue weighted by molar-refractivity contribution is -0.144. The molecule has 0 saturated carbocycles. The summed E-state index contributed by atoms with van der Waals surface area (Å²) < 4.78 is 16.2. The molecular weight excluding hydrogens is 270 g/mol. The molecule has 2 aliphatic heterocycles. The van der Waals surface area contributed by atoms with E-state index >= 15 is 0 Å². The molecule has 0 aliphatic carbocycles. The fourth-order valence-corrected chi connectivity index (χ4v) is 3.03. The van der Waals surface area contributed by atoms with Gasteiger partial charge in [0.05, 0.1) is 13.2 Å². The van der Waals surface area contributed by atoms with E-state index in [0.717, 1.165) is 30.9 Å². The van der Waals surface area contributed by atoms with Gasteiger partial charge in [-0.3, -0.25) is 9.69 Å². The van der Waals surface area contributed by atoms with E-state index in [4.69, 9.17) is 14.2 Å². The number of hydrogen-bond acceptors (Lipinski definition) is 5. The summed E-state index contributed by atoms with van der Waals surface area (Å²) in [5.74, 6) is 1.46. The molecule has 5 heteroatoms. The average Bonchev–Trinajstić information content (AvgIpc) is 2.95. The van der Waals surface area contributed by atoms with Gasteiger partial charge in [-0.25, -0.2) is 0 Å². The van der Waals surface area contributed by atoms with Gasteiger partial charge in [0.25, 0.3) is 0 Å². The minimum atomic E-state index is -0.151. The molecule has 2 heterocycles. The Bertz CT molecular complexity index is 517. The molecule has 0 bridgehead atoms. The maximum Gasteiger partial charge on any atom is 0.320 e. The molecule has 1 saturated heterocycles. The summed E-state index contributed by atoms with van der Waals surface area (Å²) >= 11 is 0. The van der Waals surface area contributed by atoms with Crippen LogP contribution in [0, 0.1) is 0 Å². The van der Waals surface area contributed by atoms with Gasteiger partial charge in [0, 0.05) is 6.04 Å². The van der Waals surface area contributed by atoms with Gasteiger partial charge < -0.3 is 14.2 Å². The second-order valence-corrected chi connectivity index (χ2v) is 5.34. The van der Waals surface area contributed by atoms with Crippen LogP contribution < -0.4 is 9.47 Å². The van der Waals surface area contributed by atoms with Crippen LogP contribution >= 0.6 is 0 Å². The summed E-state index contributed by atoms with van der Waals surface area (Å²) in [6.45, 7) is 4.74. The summed E-state index contributed by atoms with van der Waals surface area (Å²) in [5.41, 5.74) is 1.18. The molecule has 0 spiro atoms. The first-order valence-electron chi connectivity index (χ1n) is 7.57. The summed E-state index contributed by atoms with van der Waals surface area (Å²) in [7, 11) is 0. The smallest absolute Gasteiger partial charge is 0.320 e. The van der Waals surface area contributed by atoms with Gasteiger partial charge in [-0.15, -0.1) is 0 Å². The van der Waals surface area contributed by atoms with Gasteiger partial charge in [-0.05, 0) is 44.0 Å². The highest BCUT2D eigenvalue weighted by molar-refractivity contribution is 5.71. The highest BCUT2D eigenvalue weighted by Gasteiger charge is 2.29. The molecule has 1 aromatic carbocycles. The van der Waals surface area contributed by atoms with Crippen LogP contribution in [0.3, 0.4) is 0 Å². The predicted molar refractivity (Wildman–Crippen MR) is 77.6 cm³/mol. The molecule has 3 rings (SSSR count). The molecule has 0 amide bonds. The lowest BCUT2D eigenvalue weighted by atomic mass is 10.0. The Kier molecular flexibility index (Phi) is 4.29. The Morgan fingerprint density at radius 3 is 2.95 bits per heavy atom. The van der Waals surface area contributed by atoms with Crippen LogP contribution in [0.1, 0.15) is 31.4 Å². The number of fused-ring (bicyclic) bond motifs is 1. The van der Waals surface area contributed by atoms with E-state index in [1.807, 2.05) is 19.1 Å². The number of likely N-dealkylation sites (tertiary alicyclic amines) is 1. The largest absolute Gasteiger partial charge is 0.486 e. The Labute approximate surface area is 124 Å². The molecular formula is C16H21NO4. The fourth-order valence-electron chi connectivity index (χ4n) is 3.03. The first-order chi connectivity index (χ1) is 10.3. The van der Waals surface area contributed by atoms with E-state index in [9.17, 15) is 4.79 Å². The van der Waals surface area contributed by atoms with Gasteiger partial charge in [0.1, 0.15) is 13.2 Å². The highest BCUT2D eigenvalue weighted by atomic mass is 16.6. The van der Waals surface area contributed by atoms with Gasteiger partial charge in [0.2, 0.25) is 0 Å². The quantitative estimate of drug-likeness (QED) is 0.796. The van der Waals surface area contributed by atoms with Crippen molar-refractivity contribution in [3.05, 3.63) is 23.8 Å². The van der Waals surface area contributed by atoms with Crippen molar-refractivity contribution in [3.63, 3.8) is 0 Å². The zero-order valence-electron chi connectivity index (χ0n) is 12.3. The van der Waals surface area contributed by atoms with Crippen LogP contribution in [-0.2, 0) is 9.53 Å². The molecule has 2 aliphatic rings. The third-order valence-electron chi connectivity index (χ3n) is 3.95. The Morgan fingerprint density at radius 1 is 1.33 bits per heavy atom.